The average molecular weight is 1940 g/mol. The second-order valence-electron chi connectivity index (χ2n) is 26.5. The zero-order chi connectivity index (χ0) is 88.9. The topological polar surface area (TPSA) is 710 Å². The van der Waals surface area contributed by atoms with Crippen LogP contribution in [0.15, 0.2) is 102 Å². The first-order valence-electron chi connectivity index (χ1n) is 36.6. The van der Waals surface area contributed by atoms with Crippen LogP contribution in [0.1, 0.15) is 175 Å². The number of pyridine rings is 5. The van der Waals surface area contributed by atoms with Crippen LogP contribution in [-0.2, 0) is 52.1 Å². The molecule has 42 nitrogen and oxygen atoms in total. The maximum absolute atomic E-state index is 11.7. The van der Waals surface area contributed by atoms with Crippen LogP contribution in [-0.4, -0.2) is 172 Å². The molecule has 118 heavy (non-hydrogen) atoms. The fourth-order valence-corrected chi connectivity index (χ4v) is 22.1. The van der Waals surface area contributed by atoms with E-state index in [-0.39, 0.29) is 36.5 Å². The molecule has 0 fully saturated rings. The highest BCUT2D eigenvalue weighted by Gasteiger charge is 2.47. The van der Waals surface area contributed by atoms with Gasteiger partial charge in [-0.2, -0.15) is 0 Å². The average Bonchev–Trinajstić information content (AvgIpc) is 0.802. The van der Waals surface area contributed by atoms with E-state index in [1.54, 1.807) is 55.5 Å². The van der Waals surface area contributed by atoms with Crippen molar-refractivity contribution in [1.29, 1.82) is 0 Å². The first-order chi connectivity index (χ1) is 54.1. The second-order valence-corrected chi connectivity index (χ2v) is 47.1. The molecule has 6 aromatic rings. The predicted molar refractivity (Wildman–Crippen MR) is 457 cm³/mol. The number of benzene rings is 1. The summed E-state index contributed by atoms with van der Waals surface area (Å²) in [5, 5.41) is 14.8. The number of para-hydroxylation sites is 1. The Labute approximate surface area is 694 Å². The van der Waals surface area contributed by atoms with Crippen molar-refractivity contribution in [2.75, 3.05) is 58.3 Å². The third-order valence-electron chi connectivity index (χ3n) is 15.9. The van der Waals surface area contributed by atoms with Crippen molar-refractivity contribution >= 4 is 137 Å². The lowest BCUT2D eigenvalue weighted by Gasteiger charge is -2.22. The van der Waals surface area contributed by atoms with E-state index in [4.69, 9.17) is 68.2 Å². The monoisotopic (exact) mass is 1940 g/mol. The number of fused-ring (bicyclic) bond motifs is 1. The van der Waals surface area contributed by atoms with Gasteiger partial charge in [0.1, 0.15) is 40.6 Å². The largest absolute Gasteiger partial charge is 0.493 e. The van der Waals surface area contributed by atoms with E-state index in [1.165, 1.54) is 94.2 Å². The van der Waals surface area contributed by atoms with Crippen molar-refractivity contribution in [2.24, 2.45) is 0 Å². The summed E-state index contributed by atoms with van der Waals surface area (Å²) in [7, 11) is -49.3. The number of nitrogens with one attached hydrogen (secondary N) is 6. The molecule has 25 N–H and O–H groups in total. The van der Waals surface area contributed by atoms with Crippen molar-refractivity contribution in [3.8, 4) is 11.5 Å². The zero-order valence-corrected chi connectivity index (χ0v) is 75.6. The quantitative estimate of drug-likeness (QED) is 0.0125. The Bertz CT molecular complexity index is 4390. The lowest BCUT2D eigenvalue weighted by molar-refractivity contribution is 0.303. The lowest BCUT2D eigenvalue weighted by atomic mass is 10.1. The Balaban J connectivity index is 0.000000741. The van der Waals surface area contributed by atoms with Crippen LogP contribution in [0.4, 0.5) is 34.8 Å². The molecule has 0 aliphatic carbocycles. The van der Waals surface area contributed by atoms with E-state index in [9.17, 15) is 79.9 Å². The molecule has 6 rings (SSSR count). The van der Waals surface area contributed by atoms with Crippen LogP contribution in [0.25, 0.3) is 10.9 Å². The molecule has 0 aliphatic rings. The van der Waals surface area contributed by atoms with Crippen molar-refractivity contribution in [1.82, 2.24) is 24.9 Å². The smallest absolute Gasteiger partial charge is 0.360 e. The van der Waals surface area contributed by atoms with Crippen molar-refractivity contribution in [3.05, 3.63) is 113 Å². The molecule has 1 aromatic carbocycles. The molecule has 0 saturated carbocycles. The van der Waals surface area contributed by atoms with Gasteiger partial charge in [-0.1, -0.05) is 156 Å². The zero-order valence-electron chi connectivity index (χ0n) is 65.1. The molecular formula is C65H116BrN11O31P10. The van der Waals surface area contributed by atoms with Gasteiger partial charge in [-0.15, -0.1) is 0 Å². The predicted octanol–water partition coefficient (Wildman–Crippen LogP) is 13.8. The number of ether oxygens (including phenoxy) is 2. The molecule has 5 heterocycles. The van der Waals surface area contributed by atoms with Gasteiger partial charge in [-0.25, -0.2) is 24.9 Å². The summed E-state index contributed by atoms with van der Waals surface area (Å²) in [5.74, 6) is 0.746. The summed E-state index contributed by atoms with van der Waals surface area (Å²) in [6.45, 7) is 12.7. The Kier molecular flexibility index (Phi) is 50.2. The number of nitrogens with zero attached hydrogens (tertiary/aromatic N) is 5. The van der Waals surface area contributed by atoms with Gasteiger partial charge < -0.3 is 134 Å². The normalized spacial score (nSPS) is 13.1. The molecule has 0 amide bonds. The van der Waals surface area contributed by atoms with Gasteiger partial charge in [0, 0.05) is 66.8 Å². The first kappa shape index (κ1) is 112. The number of aryl methyl sites for hydroxylation is 2. The number of halogens is 1. The van der Waals surface area contributed by atoms with Crippen LogP contribution < -0.4 is 41.4 Å². The molecule has 0 saturated heterocycles. The molecule has 0 aliphatic heterocycles. The molecule has 0 bridgehead atoms. The third kappa shape index (κ3) is 45.9. The standard InChI is InChI=1S/C16H24N2O7P2.C15H28N2O5P2.C14H27N3O6P2.C12H21BrN2O7P2.C7H12N2O6P2.CH4/c1-2-3-4-7-10-25-14-11-15(17-13-9-6-5-8-12(13)14)18-16(26(19,20)21)27(22,23)24;1-3-4-5-6-7-8-9-13-10-11-16-14(12-13)17-15(23(2,18)19)24(20,21)22;1-2-3-4-5-6-7-9-15-12-8-10-16-13(11-12)17-14(24(18,19)20)25(21,22)23;1-2-3-4-5-6-22-10-7-11(14-8-9(10)13)15-12(23(16,17)18)24(19,20)21;1-5-3-2-4-6(8-5)9-7(16(10,11)12)17(13,14)15;/h5-6,8-9,11,16H,2-4,7,10H2,1H3,(H,17,18)(H2,19,20,21)(H2,22,23,24);10-12,15H,3-9H2,1-2H3,(H,16,17)(H,18,19)(H2,20,21,22);8,10-11,14H,2-7,9H2,1H3,(H2,15,16,17)(H2,18,19,20)(H2,21,22,23);7-8,12H,2-6H2,1H3,(H,14,15)(H2,16,17,18)(H2,19,20,21);2-4,7H,1H3,(H,8,9)(H2,10,11,12)(H2,13,14,15);1H4. The Morgan fingerprint density at radius 1 is 0.381 bits per heavy atom. The highest BCUT2D eigenvalue weighted by Crippen LogP contribution is 2.63. The first-order valence-corrected chi connectivity index (χ1v) is 54.7. The van der Waals surface area contributed by atoms with E-state index < -0.39 is 103 Å². The van der Waals surface area contributed by atoms with Gasteiger partial charge in [0.15, 0.2) is 0 Å². The number of unbranched alkanes of at least 4 members (excludes halogenated alkanes) is 16. The van der Waals surface area contributed by atoms with Crippen LogP contribution in [0.3, 0.4) is 0 Å². The van der Waals surface area contributed by atoms with Gasteiger partial charge >= 0.3 is 68.4 Å². The Morgan fingerprint density at radius 3 is 1.20 bits per heavy atom. The van der Waals surface area contributed by atoms with Gasteiger partial charge in [0.05, 0.1) is 23.2 Å². The maximum atomic E-state index is 11.7. The minimum absolute atomic E-state index is 0. The SMILES string of the molecule is C.CCCCCCCCNc1ccnc(NC(P(=O)(O)O)P(=O)(O)O)c1.CCCCCCCCc1ccnc(NC(P(C)(=O)O)P(=O)(O)O)c1.CCCCCCOc1cc(NC(P(=O)(O)O)P(=O)(O)O)nc2ccccc12.CCCCCCOc1cc(NC(P(=O)(O)O)P(=O)(O)O)ncc1Br.Cc1cccc(NC(P(=O)(O)O)P(=O)(O)O)n1. The van der Waals surface area contributed by atoms with Crippen molar-refractivity contribution in [3.63, 3.8) is 0 Å². The molecule has 53 heteroatoms. The van der Waals surface area contributed by atoms with Crippen molar-refractivity contribution < 1.29 is 148 Å². The van der Waals surface area contributed by atoms with Crippen LogP contribution in [0.2, 0.25) is 0 Å². The molecule has 0 spiro atoms. The number of anilines is 6. The number of rotatable bonds is 47. The summed E-state index contributed by atoms with van der Waals surface area (Å²) in [6.07, 6.45) is 27.2. The van der Waals surface area contributed by atoms with Crippen LogP contribution >= 0.6 is 91.7 Å². The van der Waals surface area contributed by atoms with E-state index in [0.29, 0.717) is 51.5 Å². The minimum atomic E-state index is -5.13. The molecule has 5 aromatic heterocycles. The fraction of sp³-hybridized carbons (Fsp3) is 0.554. The van der Waals surface area contributed by atoms with E-state index in [1.807, 2.05) is 6.07 Å². The minimum Gasteiger partial charge on any atom is -0.493 e. The molecular weight excluding hydrogens is 1820 g/mol. The van der Waals surface area contributed by atoms with Crippen molar-refractivity contribution in [2.45, 2.75) is 205 Å². The fourth-order valence-electron chi connectivity index (χ4n) is 10.2. The van der Waals surface area contributed by atoms with Gasteiger partial charge in [0.2, 0.25) is 35.0 Å². The highest BCUT2D eigenvalue weighted by atomic mass is 79.9. The van der Waals surface area contributed by atoms with Crippen LogP contribution in [0, 0.1) is 6.92 Å². The number of hydrogen-bond donors (Lipinski definition) is 25. The highest BCUT2D eigenvalue weighted by molar-refractivity contribution is 9.10. The summed E-state index contributed by atoms with van der Waals surface area (Å²) in [4.78, 5) is 193. The Morgan fingerprint density at radius 2 is 0.754 bits per heavy atom. The second kappa shape index (κ2) is 53.1. The van der Waals surface area contributed by atoms with E-state index in [0.717, 1.165) is 102 Å². The summed E-state index contributed by atoms with van der Waals surface area (Å²) in [6, 6.07) is 20.9. The Hall–Kier alpha value is -4.35. The number of hydrogen-bond acceptors (Lipinski definition) is 23. The van der Waals surface area contributed by atoms with Gasteiger partial charge in [-0.3, -0.25) is 45.7 Å². The maximum Gasteiger partial charge on any atom is 0.360 e. The van der Waals surface area contributed by atoms with E-state index in [2.05, 4.69) is 100 Å². The summed E-state index contributed by atoms with van der Waals surface area (Å²) in [5.41, 5.74) is -8.54. The summed E-state index contributed by atoms with van der Waals surface area (Å²) < 4.78 is 125. The number of aromatic nitrogens is 5. The molecule has 674 valence electrons. The summed E-state index contributed by atoms with van der Waals surface area (Å²) >= 11 is 3.24. The molecule has 0 radical (unpaired) electrons. The molecule has 2 atom stereocenters. The van der Waals surface area contributed by atoms with E-state index >= 15 is 0 Å². The third-order valence-corrected chi connectivity index (χ3v) is 33.8. The lowest BCUT2D eigenvalue weighted by Crippen LogP contribution is -2.20. The van der Waals surface area contributed by atoms with Gasteiger partial charge in [0.25, 0.3) is 0 Å². The van der Waals surface area contributed by atoms with Crippen LogP contribution in [0.5, 0.6) is 11.5 Å². The van der Waals surface area contributed by atoms with Gasteiger partial charge in [-0.05, 0) is 103 Å². The molecule has 2 unspecified atom stereocenters.